The van der Waals surface area contributed by atoms with Gasteiger partial charge in [0, 0.05) is 25.6 Å². The van der Waals surface area contributed by atoms with Crippen LogP contribution < -0.4 is 0 Å². The number of carbonyl (C=O) groups excluding carboxylic acids is 3. The highest BCUT2D eigenvalue weighted by atomic mass is 32.2. The second kappa shape index (κ2) is 6.64. The summed E-state index contributed by atoms with van der Waals surface area (Å²) in [5.74, 6) is 0.222. The Labute approximate surface area is 151 Å². The molecule has 130 valence electrons. The molecule has 0 radical (unpaired) electrons. The van der Waals surface area contributed by atoms with Crippen LogP contribution in [0.3, 0.4) is 0 Å². The molecule has 0 N–H and O–H groups in total. The normalized spacial score (nSPS) is 17.9. The molecule has 0 spiro atoms. The molecule has 0 bridgehead atoms. The van der Waals surface area contributed by atoms with E-state index in [1.54, 1.807) is 16.2 Å². The smallest absolute Gasteiger partial charge is 0.417 e. The number of rotatable bonds is 5. The number of cyclic esters (lactones) is 1. The molecule has 2 fully saturated rings. The van der Waals surface area contributed by atoms with Gasteiger partial charge in [-0.15, -0.1) is 11.3 Å². The third kappa shape index (κ3) is 3.34. The van der Waals surface area contributed by atoms with E-state index >= 15 is 0 Å². The Balaban J connectivity index is 1.24. The van der Waals surface area contributed by atoms with Crippen LogP contribution in [-0.4, -0.2) is 64.7 Å². The Kier molecular flexibility index (Phi) is 4.34. The summed E-state index contributed by atoms with van der Waals surface area (Å²) in [7, 11) is 0. The van der Waals surface area contributed by atoms with Crippen molar-refractivity contribution >= 4 is 51.2 Å². The molecular weight excluding hydrogens is 362 g/mol. The fraction of sp³-hybridized carbons (Fsp3) is 0.375. The predicted octanol–water partition coefficient (Wildman–Crippen LogP) is 1.83. The zero-order valence-electron chi connectivity index (χ0n) is 13.2. The van der Waals surface area contributed by atoms with Crippen LogP contribution in [0.4, 0.5) is 4.79 Å². The Hall–Kier alpha value is -2.13. The standard InChI is InChI=1S/C16H15N3O4S2/c20-13-8-23-16(22)19(13)7-10-5-18(6-10)14(21)9-24-15-17-11-3-1-2-4-12(11)25-15/h1-4,10H,5-9H2. The lowest BCUT2D eigenvalue weighted by Gasteiger charge is -2.40. The molecule has 0 aliphatic carbocycles. The number of hydrogen-bond acceptors (Lipinski definition) is 7. The van der Waals surface area contributed by atoms with Gasteiger partial charge in [0.05, 0.1) is 16.0 Å². The van der Waals surface area contributed by atoms with Gasteiger partial charge >= 0.3 is 6.09 Å². The summed E-state index contributed by atoms with van der Waals surface area (Å²) in [4.78, 5) is 42.5. The minimum atomic E-state index is -0.582. The molecule has 3 heterocycles. The summed E-state index contributed by atoms with van der Waals surface area (Å²) < 4.78 is 6.68. The van der Waals surface area contributed by atoms with Crippen molar-refractivity contribution < 1.29 is 19.1 Å². The SMILES string of the molecule is O=C(CSc1nc2ccccc2s1)N1CC(CN2C(=O)COC2=O)C1. The van der Waals surface area contributed by atoms with Crippen LogP contribution in [0.25, 0.3) is 10.2 Å². The van der Waals surface area contributed by atoms with Gasteiger partial charge in [0.2, 0.25) is 5.91 Å². The molecule has 1 aromatic carbocycles. The molecular formula is C16H15N3O4S2. The quantitative estimate of drug-likeness (QED) is 0.740. The minimum absolute atomic E-state index is 0.0517. The van der Waals surface area contributed by atoms with Crippen molar-refractivity contribution in [1.82, 2.24) is 14.8 Å². The van der Waals surface area contributed by atoms with E-state index in [1.807, 2.05) is 24.3 Å². The van der Waals surface area contributed by atoms with E-state index in [0.717, 1.165) is 19.5 Å². The van der Waals surface area contributed by atoms with Crippen molar-refractivity contribution in [2.75, 3.05) is 32.0 Å². The van der Waals surface area contributed by atoms with E-state index in [4.69, 9.17) is 0 Å². The zero-order valence-corrected chi connectivity index (χ0v) is 14.8. The van der Waals surface area contributed by atoms with Crippen molar-refractivity contribution in [3.05, 3.63) is 24.3 Å². The molecule has 0 atom stereocenters. The van der Waals surface area contributed by atoms with Gasteiger partial charge in [0.1, 0.15) is 0 Å². The Morgan fingerprint density at radius 2 is 2.12 bits per heavy atom. The molecule has 3 amide bonds. The summed E-state index contributed by atoms with van der Waals surface area (Å²) in [6, 6.07) is 7.90. The number of hydrogen-bond donors (Lipinski definition) is 0. The number of thioether (sulfide) groups is 1. The second-order valence-corrected chi connectivity index (χ2v) is 8.21. The summed E-state index contributed by atoms with van der Waals surface area (Å²) >= 11 is 3.03. The predicted molar refractivity (Wildman–Crippen MR) is 93.5 cm³/mol. The second-order valence-electron chi connectivity index (χ2n) is 5.96. The number of benzene rings is 1. The largest absolute Gasteiger partial charge is 0.439 e. The molecule has 9 heteroatoms. The maximum atomic E-state index is 12.2. The van der Waals surface area contributed by atoms with Gasteiger partial charge in [-0.25, -0.2) is 14.7 Å². The number of imide groups is 1. The van der Waals surface area contributed by atoms with Crippen molar-refractivity contribution in [2.45, 2.75) is 4.34 Å². The van der Waals surface area contributed by atoms with Crippen LogP contribution in [-0.2, 0) is 14.3 Å². The van der Waals surface area contributed by atoms with Crippen LogP contribution >= 0.6 is 23.1 Å². The van der Waals surface area contributed by atoms with Crippen LogP contribution in [0.5, 0.6) is 0 Å². The van der Waals surface area contributed by atoms with Crippen molar-refractivity contribution in [3.63, 3.8) is 0 Å². The number of likely N-dealkylation sites (tertiary alicyclic amines) is 1. The van der Waals surface area contributed by atoms with Crippen LogP contribution in [0, 0.1) is 5.92 Å². The molecule has 0 unspecified atom stereocenters. The van der Waals surface area contributed by atoms with E-state index in [9.17, 15) is 14.4 Å². The zero-order chi connectivity index (χ0) is 17.4. The van der Waals surface area contributed by atoms with Crippen LogP contribution in [0.1, 0.15) is 0 Å². The highest BCUT2D eigenvalue weighted by Crippen LogP contribution is 2.30. The van der Waals surface area contributed by atoms with Crippen molar-refractivity contribution in [3.8, 4) is 0 Å². The van der Waals surface area contributed by atoms with Crippen molar-refractivity contribution in [2.24, 2.45) is 5.92 Å². The van der Waals surface area contributed by atoms with E-state index in [2.05, 4.69) is 9.72 Å². The molecule has 1 aromatic heterocycles. The first-order chi connectivity index (χ1) is 12.1. The van der Waals surface area contributed by atoms with Gasteiger partial charge in [-0.3, -0.25) is 9.59 Å². The van der Waals surface area contributed by atoms with Crippen LogP contribution in [0.2, 0.25) is 0 Å². The minimum Gasteiger partial charge on any atom is -0.439 e. The maximum Gasteiger partial charge on any atom is 0.417 e. The highest BCUT2D eigenvalue weighted by Gasteiger charge is 2.38. The number of ether oxygens (including phenoxy) is 1. The highest BCUT2D eigenvalue weighted by molar-refractivity contribution is 8.01. The molecule has 2 aliphatic rings. The van der Waals surface area contributed by atoms with E-state index in [1.165, 1.54) is 11.8 Å². The Bertz CT molecular complexity index is 798. The number of aromatic nitrogens is 1. The lowest BCUT2D eigenvalue weighted by atomic mass is 9.99. The molecule has 2 aliphatic heterocycles. The molecule has 2 aromatic rings. The Morgan fingerprint density at radius 3 is 2.84 bits per heavy atom. The summed E-state index contributed by atoms with van der Waals surface area (Å²) in [5, 5.41) is 0. The average Bonchev–Trinajstić information content (AvgIpc) is 3.12. The van der Waals surface area contributed by atoms with Gasteiger partial charge in [0.25, 0.3) is 5.91 Å². The Morgan fingerprint density at radius 1 is 1.32 bits per heavy atom. The third-order valence-corrected chi connectivity index (χ3v) is 6.35. The van der Waals surface area contributed by atoms with Gasteiger partial charge in [-0.2, -0.15) is 0 Å². The number of para-hydroxylation sites is 1. The fourth-order valence-electron chi connectivity index (χ4n) is 2.83. The number of thiazole rings is 1. The molecule has 7 nitrogen and oxygen atoms in total. The lowest BCUT2D eigenvalue weighted by Crippen LogP contribution is -2.54. The summed E-state index contributed by atoms with van der Waals surface area (Å²) in [6.45, 7) is 1.28. The number of nitrogens with zero attached hydrogens (tertiary/aromatic N) is 3. The first kappa shape index (κ1) is 16.3. The number of carbonyl (C=O) groups is 3. The van der Waals surface area contributed by atoms with Gasteiger partial charge in [-0.05, 0) is 12.1 Å². The topological polar surface area (TPSA) is 79.8 Å². The average molecular weight is 377 g/mol. The van der Waals surface area contributed by atoms with Gasteiger partial charge in [0.15, 0.2) is 10.9 Å². The molecule has 0 saturated carbocycles. The van der Waals surface area contributed by atoms with E-state index in [0.29, 0.717) is 25.4 Å². The van der Waals surface area contributed by atoms with Gasteiger partial charge in [-0.1, -0.05) is 23.9 Å². The summed E-state index contributed by atoms with van der Waals surface area (Å²) in [6.07, 6.45) is -0.582. The molecule has 25 heavy (non-hydrogen) atoms. The fourth-order valence-corrected chi connectivity index (χ4v) is 4.80. The van der Waals surface area contributed by atoms with E-state index in [-0.39, 0.29) is 24.3 Å². The number of amides is 3. The van der Waals surface area contributed by atoms with Crippen molar-refractivity contribution in [1.29, 1.82) is 0 Å². The number of fused-ring (bicyclic) bond motifs is 1. The van der Waals surface area contributed by atoms with E-state index < -0.39 is 6.09 Å². The maximum absolute atomic E-state index is 12.2. The monoisotopic (exact) mass is 377 g/mol. The molecule has 2 saturated heterocycles. The first-order valence-corrected chi connectivity index (χ1v) is 9.63. The summed E-state index contributed by atoms with van der Waals surface area (Å²) in [5.41, 5.74) is 0.952. The first-order valence-electron chi connectivity index (χ1n) is 7.83. The van der Waals surface area contributed by atoms with Crippen LogP contribution in [0.15, 0.2) is 28.6 Å². The van der Waals surface area contributed by atoms with Gasteiger partial charge < -0.3 is 9.64 Å². The third-order valence-electron chi connectivity index (χ3n) is 4.18. The molecule has 4 rings (SSSR count). The lowest BCUT2D eigenvalue weighted by molar-refractivity contribution is -0.135.